The molecule has 1 unspecified atom stereocenters. The van der Waals surface area contributed by atoms with Gasteiger partial charge in [-0.15, -0.1) is 10.2 Å². The van der Waals surface area contributed by atoms with Crippen LogP contribution in [0.25, 0.3) is 0 Å². The minimum absolute atomic E-state index is 0.364. The van der Waals surface area contributed by atoms with E-state index >= 15 is 0 Å². The van der Waals surface area contributed by atoms with Crippen molar-refractivity contribution < 1.29 is 4.74 Å². The zero-order valence-corrected chi connectivity index (χ0v) is 17.1. The summed E-state index contributed by atoms with van der Waals surface area (Å²) in [5, 5.41) is 11.6. The number of rotatable bonds is 9. The molecule has 0 amide bonds. The summed E-state index contributed by atoms with van der Waals surface area (Å²) in [6, 6.07) is 8.51. The minimum atomic E-state index is 0.364. The Hall–Kier alpha value is -2.57. The van der Waals surface area contributed by atoms with Crippen LogP contribution in [0.1, 0.15) is 38.6 Å². The van der Waals surface area contributed by atoms with Gasteiger partial charge in [0.15, 0.2) is 5.96 Å². The molecular weight excluding hydrogens is 340 g/mol. The fraction of sp³-hybridized carbons (Fsp3) is 0.550. The summed E-state index contributed by atoms with van der Waals surface area (Å²) in [6.07, 6.45) is 3.69. The summed E-state index contributed by atoms with van der Waals surface area (Å²) in [4.78, 5) is 6.98. The number of hydrogen-bond acceptors (Lipinski definition) is 4. The number of hydrogen-bond donors (Lipinski definition) is 1. The van der Waals surface area contributed by atoms with Crippen molar-refractivity contribution in [2.45, 2.75) is 52.7 Å². The van der Waals surface area contributed by atoms with Crippen LogP contribution in [0.5, 0.6) is 5.75 Å². The Morgan fingerprint density at radius 1 is 1.30 bits per heavy atom. The molecule has 27 heavy (non-hydrogen) atoms. The topological polar surface area (TPSA) is 67.6 Å². The van der Waals surface area contributed by atoms with Crippen molar-refractivity contribution in [1.82, 2.24) is 25.0 Å². The van der Waals surface area contributed by atoms with Crippen molar-refractivity contribution in [3.05, 3.63) is 42.0 Å². The second-order valence-electron chi connectivity index (χ2n) is 6.66. The van der Waals surface area contributed by atoms with Gasteiger partial charge in [-0.1, -0.05) is 26.0 Å². The van der Waals surface area contributed by atoms with Crippen LogP contribution in [-0.2, 0) is 19.5 Å². The summed E-state index contributed by atoms with van der Waals surface area (Å²) in [7, 11) is 3.75. The quantitative estimate of drug-likeness (QED) is 0.541. The van der Waals surface area contributed by atoms with Gasteiger partial charge in [0.1, 0.15) is 17.9 Å². The molecule has 2 rings (SSSR count). The van der Waals surface area contributed by atoms with Crippen LogP contribution in [0.2, 0.25) is 0 Å². The highest BCUT2D eigenvalue weighted by atomic mass is 16.5. The van der Waals surface area contributed by atoms with Gasteiger partial charge in [0, 0.05) is 32.6 Å². The van der Waals surface area contributed by atoms with E-state index in [-0.39, 0.29) is 0 Å². The van der Waals surface area contributed by atoms with Crippen LogP contribution in [0.4, 0.5) is 0 Å². The number of methoxy groups -OCH3 is 1. The van der Waals surface area contributed by atoms with Crippen molar-refractivity contribution in [3.63, 3.8) is 0 Å². The van der Waals surface area contributed by atoms with Gasteiger partial charge < -0.3 is 19.5 Å². The molecule has 0 saturated heterocycles. The standard InChI is InChI=1S/C20H32N6O/c1-6-16(3)23-20(21-12-13-26-15-22-24-19(26)7-2)25(4)14-17-8-10-18(27-5)11-9-17/h8-11,15-16H,6-7,12-14H2,1-5H3,(H,21,23). The first kappa shape index (κ1) is 20.7. The van der Waals surface area contributed by atoms with E-state index in [1.165, 1.54) is 5.56 Å². The summed E-state index contributed by atoms with van der Waals surface area (Å²) < 4.78 is 7.30. The average Bonchev–Trinajstić information content (AvgIpc) is 3.15. The zero-order chi connectivity index (χ0) is 19.6. The normalized spacial score (nSPS) is 12.7. The lowest BCUT2D eigenvalue weighted by Gasteiger charge is -2.25. The minimum Gasteiger partial charge on any atom is -0.497 e. The van der Waals surface area contributed by atoms with E-state index in [4.69, 9.17) is 9.73 Å². The highest BCUT2D eigenvalue weighted by molar-refractivity contribution is 5.80. The Morgan fingerprint density at radius 2 is 2.04 bits per heavy atom. The predicted octanol–water partition coefficient (Wildman–Crippen LogP) is 2.73. The molecule has 7 heteroatoms. The SMILES string of the molecule is CCc1nncn1CCN=C(NC(C)CC)N(C)Cc1ccc(OC)cc1. The first-order chi connectivity index (χ1) is 13.1. The summed E-state index contributed by atoms with van der Waals surface area (Å²) in [6.45, 7) is 8.66. The van der Waals surface area contributed by atoms with Crippen molar-refractivity contribution >= 4 is 5.96 Å². The first-order valence-corrected chi connectivity index (χ1v) is 9.59. The predicted molar refractivity (Wildman–Crippen MR) is 109 cm³/mol. The van der Waals surface area contributed by atoms with E-state index < -0.39 is 0 Å². The number of guanidine groups is 1. The fourth-order valence-electron chi connectivity index (χ4n) is 2.68. The van der Waals surface area contributed by atoms with Crippen LogP contribution in [0.3, 0.4) is 0 Å². The number of nitrogens with zero attached hydrogens (tertiary/aromatic N) is 5. The van der Waals surface area contributed by atoms with Crippen molar-refractivity contribution in [2.75, 3.05) is 20.7 Å². The second kappa shape index (κ2) is 10.5. The maximum absolute atomic E-state index is 5.23. The lowest BCUT2D eigenvalue weighted by Crippen LogP contribution is -2.43. The molecule has 7 nitrogen and oxygen atoms in total. The molecule has 2 aromatic rings. The third-order valence-electron chi connectivity index (χ3n) is 4.54. The Labute approximate surface area is 162 Å². The number of nitrogens with one attached hydrogen (secondary N) is 1. The van der Waals surface area contributed by atoms with Gasteiger partial charge in [-0.05, 0) is 31.0 Å². The van der Waals surface area contributed by atoms with Gasteiger partial charge >= 0.3 is 0 Å². The van der Waals surface area contributed by atoms with Crippen LogP contribution >= 0.6 is 0 Å². The molecule has 0 aliphatic heterocycles. The molecule has 0 aliphatic carbocycles. The number of benzene rings is 1. The molecule has 1 heterocycles. The Bertz CT molecular complexity index is 710. The van der Waals surface area contributed by atoms with Crippen LogP contribution in [-0.4, -0.2) is 52.4 Å². The Kier molecular flexibility index (Phi) is 8.10. The molecule has 0 radical (unpaired) electrons. The molecule has 1 aromatic carbocycles. The van der Waals surface area contributed by atoms with E-state index in [1.54, 1.807) is 13.4 Å². The fourth-order valence-corrected chi connectivity index (χ4v) is 2.68. The molecule has 0 saturated carbocycles. The molecule has 0 bridgehead atoms. The molecule has 1 atom stereocenters. The van der Waals surface area contributed by atoms with Crippen molar-refractivity contribution in [2.24, 2.45) is 4.99 Å². The molecule has 1 aromatic heterocycles. The number of aromatic nitrogens is 3. The smallest absolute Gasteiger partial charge is 0.194 e. The van der Waals surface area contributed by atoms with Gasteiger partial charge in [0.05, 0.1) is 13.7 Å². The monoisotopic (exact) mass is 372 g/mol. The van der Waals surface area contributed by atoms with E-state index in [2.05, 4.69) is 64.9 Å². The van der Waals surface area contributed by atoms with Crippen LogP contribution < -0.4 is 10.1 Å². The number of aliphatic imine (C=N–C) groups is 1. The van der Waals surface area contributed by atoms with E-state index in [1.807, 2.05) is 12.1 Å². The van der Waals surface area contributed by atoms with Gasteiger partial charge in [0.2, 0.25) is 0 Å². The first-order valence-electron chi connectivity index (χ1n) is 9.59. The average molecular weight is 373 g/mol. The lowest BCUT2D eigenvalue weighted by molar-refractivity contribution is 0.414. The van der Waals surface area contributed by atoms with E-state index in [9.17, 15) is 0 Å². The molecular formula is C20H32N6O. The lowest BCUT2D eigenvalue weighted by atomic mass is 10.2. The molecule has 148 valence electrons. The highest BCUT2D eigenvalue weighted by Crippen LogP contribution is 2.12. The molecule has 1 N–H and O–H groups in total. The third-order valence-corrected chi connectivity index (χ3v) is 4.54. The van der Waals surface area contributed by atoms with Crippen LogP contribution in [0, 0.1) is 0 Å². The Morgan fingerprint density at radius 3 is 2.67 bits per heavy atom. The van der Waals surface area contributed by atoms with Gasteiger partial charge in [-0.3, -0.25) is 4.99 Å². The van der Waals surface area contributed by atoms with Gasteiger partial charge in [0.25, 0.3) is 0 Å². The highest BCUT2D eigenvalue weighted by Gasteiger charge is 2.10. The molecule has 0 aliphatic rings. The van der Waals surface area contributed by atoms with Crippen molar-refractivity contribution in [3.8, 4) is 5.75 Å². The summed E-state index contributed by atoms with van der Waals surface area (Å²) in [5.74, 6) is 2.77. The summed E-state index contributed by atoms with van der Waals surface area (Å²) in [5.41, 5.74) is 1.21. The number of aryl methyl sites for hydroxylation is 1. The molecule has 0 spiro atoms. The summed E-state index contributed by atoms with van der Waals surface area (Å²) >= 11 is 0. The zero-order valence-electron chi connectivity index (χ0n) is 17.1. The Balaban J connectivity index is 2.04. The van der Waals surface area contributed by atoms with Crippen molar-refractivity contribution in [1.29, 1.82) is 0 Å². The second-order valence-corrected chi connectivity index (χ2v) is 6.66. The maximum Gasteiger partial charge on any atom is 0.194 e. The molecule has 0 fully saturated rings. The van der Waals surface area contributed by atoms with Crippen LogP contribution in [0.15, 0.2) is 35.6 Å². The van der Waals surface area contributed by atoms with Gasteiger partial charge in [-0.2, -0.15) is 0 Å². The largest absolute Gasteiger partial charge is 0.497 e. The third kappa shape index (κ3) is 6.27. The van der Waals surface area contributed by atoms with E-state index in [0.29, 0.717) is 12.6 Å². The number of ether oxygens (including phenoxy) is 1. The maximum atomic E-state index is 5.23. The van der Waals surface area contributed by atoms with E-state index in [0.717, 1.165) is 43.5 Å². The van der Waals surface area contributed by atoms with Gasteiger partial charge in [-0.25, -0.2) is 0 Å².